The minimum atomic E-state index is -4.73. The van der Waals surface area contributed by atoms with Crippen LogP contribution in [0, 0.1) is 12.3 Å². The van der Waals surface area contributed by atoms with Crippen LogP contribution in [0.25, 0.3) is 10.4 Å². The number of alkyl halides is 3. The van der Waals surface area contributed by atoms with Gasteiger partial charge in [0.15, 0.2) is 0 Å². The first-order chi connectivity index (χ1) is 34.7. The van der Waals surface area contributed by atoms with Crippen LogP contribution in [0.3, 0.4) is 0 Å². The number of amides is 4. The van der Waals surface area contributed by atoms with Gasteiger partial charge in [-0.3, -0.25) is 24.1 Å². The van der Waals surface area contributed by atoms with Gasteiger partial charge in [0.2, 0.25) is 17.7 Å². The molecule has 2 aliphatic rings. The number of hydrogen-bond donors (Lipinski definition) is 6. The predicted octanol–water partition coefficient (Wildman–Crippen LogP) is 6.90. The fourth-order valence-corrected chi connectivity index (χ4v) is 9.66. The van der Waals surface area contributed by atoms with Gasteiger partial charge in [0, 0.05) is 76.8 Å². The number of aromatic nitrogens is 2. The average molecular weight is 1030 g/mol. The number of aliphatic hydroxyl groups excluding tert-OH is 1. The van der Waals surface area contributed by atoms with Crippen molar-refractivity contribution in [3.05, 3.63) is 107 Å². The van der Waals surface area contributed by atoms with Gasteiger partial charge in [-0.25, -0.2) is 9.97 Å². The molecule has 2 aromatic heterocycles. The fourth-order valence-electron chi connectivity index (χ4n) is 8.85. The number of hydrogen-bond acceptors (Lipinski definition) is 14. The smallest absolute Gasteiger partial charge is 0.419 e. The van der Waals surface area contributed by atoms with Gasteiger partial charge in [-0.05, 0) is 54.7 Å². The second-order valence-corrected chi connectivity index (χ2v) is 20.0. The molecule has 390 valence electrons. The van der Waals surface area contributed by atoms with Gasteiger partial charge in [0.1, 0.15) is 30.3 Å². The lowest BCUT2D eigenvalue weighted by Gasteiger charge is -2.36. The molecule has 3 aromatic carbocycles. The number of rotatable bonds is 18. The number of benzene rings is 3. The summed E-state index contributed by atoms with van der Waals surface area (Å²) in [5.74, 6) is -1.24. The molecule has 73 heavy (non-hydrogen) atoms. The van der Waals surface area contributed by atoms with Crippen molar-refractivity contribution in [2.75, 3.05) is 82.2 Å². The van der Waals surface area contributed by atoms with Gasteiger partial charge in [-0.1, -0.05) is 57.2 Å². The van der Waals surface area contributed by atoms with Crippen molar-refractivity contribution in [2.45, 2.75) is 71.4 Å². The lowest BCUT2D eigenvalue weighted by Crippen LogP contribution is -2.58. The third-order valence-electron chi connectivity index (χ3n) is 12.9. The molecule has 0 aliphatic carbocycles. The first-order valence-corrected chi connectivity index (χ1v) is 24.9. The number of piperazine rings is 1. The van der Waals surface area contributed by atoms with Crippen LogP contribution in [0.15, 0.2) is 84.5 Å². The molecule has 4 atom stereocenters. The van der Waals surface area contributed by atoms with E-state index in [0.717, 1.165) is 33.6 Å². The molecule has 5 aromatic rings. The minimum Gasteiger partial charge on any atom is -0.494 e. The van der Waals surface area contributed by atoms with E-state index in [4.69, 9.17) is 9.47 Å². The number of nitrogens with one attached hydrogen (secondary N) is 5. The van der Waals surface area contributed by atoms with Gasteiger partial charge in [-0.2, -0.15) is 13.2 Å². The van der Waals surface area contributed by atoms with Crippen LogP contribution >= 0.6 is 11.3 Å². The number of nitrogens with zero attached hydrogens (tertiary/aromatic N) is 5. The van der Waals surface area contributed by atoms with Gasteiger partial charge >= 0.3 is 6.18 Å². The van der Waals surface area contributed by atoms with Crippen LogP contribution in [-0.2, 0) is 25.3 Å². The number of aryl methyl sites for hydroxylation is 1. The largest absolute Gasteiger partial charge is 0.494 e. The topological polar surface area (TPSA) is 203 Å². The lowest BCUT2D eigenvalue weighted by molar-refractivity contribution is -0.144. The molecule has 2 fully saturated rings. The zero-order chi connectivity index (χ0) is 52.6. The summed E-state index contributed by atoms with van der Waals surface area (Å²) in [6.45, 7) is 12.5. The maximum Gasteiger partial charge on any atom is 0.419 e. The Labute approximate surface area is 426 Å². The van der Waals surface area contributed by atoms with Crippen molar-refractivity contribution in [1.82, 2.24) is 35.7 Å². The Bertz CT molecular complexity index is 2740. The van der Waals surface area contributed by atoms with E-state index in [1.807, 2.05) is 71.0 Å². The molecule has 0 spiro atoms. The number of halogens is 3. The average Bonchev–Trinajstić information content (AvgIpc) is 3.99. The van der Waals surface area contributed by atoms with E-state index in [2.05, 4.69) is 46.4 Å². The van der Waals surface area contributed by atoms with E-state index >= 15 is 0 Å². The summed E-state index contributed by atoms with van der Waals surface area (Å²) in [5, 5.41) is 24.9. The molecule has 0 radical (unpaired) electrons. The van der Waals surface area contributed by atoms with Crippen molar-refractivity contribution in [3.8, 4) is 16.2 Å². The number of anilines is 5. The summed E-state index contributed by atoms with van der Waals surface area (Å²) < 4.78 is 53.8. The molecule has 2 saturated heterocycles. The highest BCUT2D eigenvalue weighted by Gasteiger charge is 2.45. The Morgan fingerprint density at radius 1 is 0.904 bits per heavy atom. The second-order valence-electron chi connectivity index (χ2n) is 19.1. The number of thiazole rings is 1. The first-order valence-electron chi connectivity index (χ1n) is 24.0. The Morgan fingerprint density at radius 2 is 1.63 bits per heavy atom. The fraction of sp³-hybridized carbons (Fsp3) is 0.423. The summed E-state index contributed by atoms with van der Waals surface area (Å²) >= 11 is 1.56. The predicted molar refractivity (Wildman–Crippen MR) is 274 cm³/mol. The van der Waals surface area contributed by atoms with Crippen LogP contribution in [0.4, 0.5) is 41.7 Å². The van der Waals surface area contributed by atoms with Crippen LogP contribution in [0.1, 0.15) is 67.3 Å². The molecule has 0 unspecified atom stereocenters. The van der Waals surface area contributed by atoms with Crippen molar-refractivity contribution in [2.24, 2.45) is 5.41 Å². The Hall–Kier alpha value is -6.81. The highest BCUT2D eigenvalue weighted by atomic mass is 32.1. The first kappa shape index (κ1) is 54.0. The summed E-state index contributed by atoms with van der Waals surface area (Å²) in [6, 6.07) is 18.6. The van der Waals surface area contributed by atoms with Crippen LogP contribution in [0.5, 0.6) is 5.75 Å². The SMILES string of the molecule is CNC(=O)c1ccccc1Nc1cc(Nc2ccc(N3CCN(CCOCC(=O)N[C@H](C(=O)N4C[C@H](O)C[C@H]4C(=O)N[C@@H](C)c4ccc(-c5scnc5C)cc4)C(C)(C)C)CC3)cc2OC)ncc1C(F)(F)F. The quantitative estimate of drug-likeness (QED) is 0.0496. The highest BCUT2D eigenvalue weighted by Crippen LogP contribution is 2.39. The standard InChI is InChI=1S/C52H63F3N10O7S/c1-31(33-12-14-34(15-13-33)46-32(2)58-30-73-46)59-49(69)42-25-36(66)28-65(42)50(70)47(51(3,4)5)62-45(67)29-72-23-22-63-18-20-64(21-19-63)35-16-17-40(43(24-35)71-7)61-44-26-41(38(27-57-44)52(53,54)55)60-39-11-9-8-10-37(39)48(68)56-6/h8-17,24,26-27,30-31,36,42,47,66H,18-23,25,28-29H2,1-7H3,(H,56,68)(H,59,69)(H,62,67)(H2,57,60,61)/t31-,36+,42-,47+/m0/s1. The lowest BCUT2D eigenvalue weighted by atomic mass is 9.85. The van der Waals surface area contributed by atoms with Crippen molar-refractivity contribution in [1.29, 1.82) is 0 Å². The number of methoxy groups -OCH3 is 1. The Balaban J connectivity index is 0.880. The molecule has 7 rings (SSSR count). The number of aliphatic hydroxyl groups is 1. The molecular formula is C52H63F3N10O7S. The number of ether oxygens (including phenoxy) is 2. The number of β-amino-alcohol motifs (C(OH)–C–C–N with tert-alkyl or cyclic N) is 1. The third kappa shape index (κ3) is 13.4. The molecular weight excluding hydrogens is 966 g/mol. The summed E-state index contributed by atoms with van der Waals surface area (Å²) in [7, 11) is 2.93. The van der Waals surface area contributed by atoms with Crippen molar-refractivity contribution >= 4 is 63.5 Å². The number of carbonyl (C=O) groups excluding carboxylic acids is 4. The minimum absolute atomic E-state index is 0.0422. The van der Waals surface area contributed by atoms with Crippen molar-refractivity contribution in [3.63, 3.8) is 0 Å². The van der Waals surface area contributed by atoms with E-state index in [0.29, 0.717) is 44.2 Å². The van der Waals surface area contributed by atoms with Crippen LogP contribution in [0.2, 0.25) is 0 Å². The van der Waals surface area contributed by atoms with E-state index in [1.165, 1.54) is 37.3 Å². The van der Waals surface area contributed by atoms with Gasteiger partial charge < -0.3 is 51.0 Å². The van der Waals surface area contributed by atoms with Crippen LogP contribution < -0.4 is 36.2 Å². The van der Waals surface area contributed by atoms with E-state index in [1.54, 1.807) is 35.0 Å². The van der Waals surface area contributed by atoms with Gasteiger partial charge in [0.05, 0.1) is 70.1 Å². The number of pyridine rings is 1. The second kappa shape index (κ2) is 23.4. The molecule has 6 N–H and O–H groups in total. The van der Waals surface area contributed by atoms with Gasteiger partial charge in [-0.15, -0.1) is 11.3 Å². The Kier molecular flexibility index (Phi) is 17.3. The normalized spacial score (nSPS) is 17.1. The molecule has 21 heteroatoms. The molecule has 17 nitrogen and oxygen atoms in total. The molecule has 0 bridgehead atoms. The van der Waals surface area contributed by atoms with Gasteiger partial charge in [0.25, 0.3) is 5.91 Å². The van der Waals surface area contributed by atoms with E-state index in [9.17, 15) is 37.5 Å². The molecule has 4 heterocycles. The molecule has 0 saturated carbocycles. The van der Waals surface area contributed by atoms with E-state index < -0.39 is 59.0 Å². The molecule has 4 amide bonds. The highest BCUT2D eigenvalue weighted by molar-refractivity contribution is 7.13. The third-order valence-corrected chi connectivity index (χ3v) is 13.9. The Morgan fingerprint density at radius 3 is 2.29 bits per heavy atom. The maximum absolute atomic E-state index is 14.2. The molecule has 2 aliphatic heterocycles. The van der Waals surface area contributed by atoms with E-state index in [-0.39, 0.29) is 55.0 Å². The van der Waals surface area contributed by atoms with Crippen LogP contribution in [-0.4, -0.2) is 133 Å². The summed E-state index contributed by atoms with van der Waals surface area (Å²) in [4.78, 5) is 68.8. The summed E-state index contributed by atoms with van der Waals surface area (Å²) in [5.41, 5.74) is 4.34. The maximum atomic E-state index is 14.2. The summed E-state index contributed by atoms with van der Waals surface area (Å²) in [6.07, 6.45) is -4.83. The monoisotopic (exact) mass is 1030 g/mol. The number of likely N-dealkylation sites (tertiary alicyclic amines) is 1. The zero-order valence-corrected chi connectivity index (χ0v) is 42.7. The number of carbonyl (C=O) groups is 4. The van der Waals surface area contributed by atoms with Crippen molar-refractivity contribution < 1.29 is 46.9 Å². The number of para-hydroxylation sites is 1. The zero-order valence-electron chi connectivity index (χ0n) is 41.9.